The Morgan fingerprint density at radius 3 is 2.88 bits per heavy atom. The summed E-state index contributed by atoms with van der Waals surface area (Å²) in [5, 5.41) is 11.1. The monoisotopic (exact) mass is 392 g/mol. The van der Waals surface area contributed by atoms with Crippen molar-refractivity contribution in [1.29, 1.82) is 0 Å². The van der Waals surface area contributed by atoms with Gasteiger partial charge < -0.3 is 16.8 Å². The molecule has 1 aliphatic heterocycles. The maximum Gasteiger partial charge on any atom is 0.200 e. The lowest BCUT2D eigenvalue weighted by Gasteiger charge is -2.38. The Bertz CT molecular complexity index is 984. The third-order valence-corrected chi connectivity index (χ3v) is 5.44. The number of fused-ring (bicyclic) bond motifs is 1. The van der Waals surface area contributed by atoms with E-state index >= 15 is 0 Å². The molecule has 1 aliphatic rings. The first kappa shape index (κ1) is 17.4. The van der Waals surface area contributed by atoms with Gasteiger partial charge in [0, 0.05) is 29.8 Å². The number of halogens is 2. The van der Waals surface area contributed by atoms with Gasteiger partial charge in [0.2, 0.25) is 5.65 Å². The van der Waals surface area contributed by atoms with E-state index in [2.05, 4.69) is 30.5 Å². The smallest absolute Gasteiger partial charge is 0.200 e. The fourth-order valence-electron chi connectivity index (χ4n) is 3.32. The van der Waals surface area contributed by atoms with Crippen LogP contribution in [0.4, 0.5) is 5.82 Å². The van der Waals surface area contributed by atoms with Gasteiger partial charge in [0.15, 0.2) is 0 Å². The van der Waals surface area contributed by atoms with Gasteiger partial charge in [0.05, 0.1) is 16.4 Å². The van der Waals surface area contributed by atoms with Gasteiger partial charge in [-0.3, -0.25) is 5.10 Å². The van der Waals surface area contributed by atoms with Crippen molar-refractivity contribution in [3.05, 3.63) is 28.1 Å². The van der Waals surface area contributed by atoms with E-state index in [4.69, 9.17) is 34.7 Å². The Hall–Kier alpha value is -2.00. The maximum absolute atomic E-state index is 6.46. The van der Waals surface area contributed by atoms with E-state index in [1.165, 1.54) is 0 Å². The second-order valence-corrected chi connectivity index (χ2v) is 7.54. The standard InChI is InChI=1S/C16H18Cl2N8/c1-16(20)2-3-21-5-8(16)9-6-22-13-12(25-26-15(13)23-9)7-4-10(17)24-14(19)11(7)18/h4,6,8,21H,2-3,5,20H2,1H3,(H2,19,24)(H,23,25,26). The van der Waals surface area contributed by atoms with Gasteiger partial charge in [-0.25, -0.2) is 15.0 Å². The van der Waals surface area contributed by atoms with Crippen molar-refractivity contribution in [1.82, 2.24) is 30.5 Å². The lowest BCUT2D eigenvalue weighted by molar-refractivity contribution is 0.286. The number of nitrogens with one attached hydrogen (secondary N) is 2. The zero-order chi connectivity index (χ0) is 18.5. The average molecular weight is 393 g/mol. The predicted octanol–water partition coefficient (Wildman–Crippen LogP) is 2.10. The maximum atomic E-state index is 6.46. The van der Waals surface area contributed by atoms with Crippen molar-refractivity contribution in [2.45, 2.75) is 24.8 Å². The van der Waals surface area contributed by atoms with Crippen molar-refractivity contribution < 1.29 is 0 Å². The molecule has 0 amide bonds. The zero-order valence-corrected chi connectivity index (χ0v) is 15.6. The predicted molar refractivity (Wildman–Crippen MR) is 102 cm³/mol. The molecule has 3 aromatic heterocycles. The van der Waals surface area contributed by atoms with Crippen LogP contribution in [0.15, 0.2) is 12.3 Å². The Kier molecular flexibility index (Phi) is 4.23. The largest absolute Gasteiger partial charge is 0.382 e. The molecular formula is C16H18Cl2N8. The number of piperidine rings is 1. The first-order valence-corrected chi connectivity index (χ1v) is 8.95. The van der Waals surface area contributed by atoms with Crippen LogP contribution in [0.5, 0.6) is 0 Å². The highest BCUT2D eigenvalue weighted by atomic mass is 35.5. The van der Waals surface area contributed by atoms with E-state index in [0.717, 1.165) is 25.2 Å². The Morgan fingerprint density at radius 2 is 2.12 bits per heavy atom. The minimum Gasteiger partial charge on any atom is -0.382 e. The van der Waals surface area contributed by atoms with Crippen LogP contribution in [0.1, 0.15) is 25.0 Å². The number of nitrogens with zero attached hydrogens (tertiary/aromatic N) is 4. The van der Waals surface area contributed by atoms with Crippen LogP contribution in [0.3, 0.4) is 0 Å². The number of hydrogen-bond acceptors (Lipinski definition) is 7. The van der Waals surface area contributed by atoms with Crippen LogP contribution >= 0.6 is 23.2 Å². The lowest BCUT2D eigenvalue weighted by Crippen LogP contribution is -2.53. The van der Waals surface area contributed by atoms with Crippen LogP contribution in [-0.2, 0) is 0 Å². The van der Waals surface area contributed by atoms with Crippen LogP contribution in [-0.4, -0.2) is 43.8 Å². The van der Waals surface area contributed by atoms with E-state index in [-0.39, 0.29) is 27.5 Å². The molecule has 0 radical (unpaired) electrons. The van der Waals surface area contributed by atoms with Gasteiger partial charge in [0.1, 0.15) is 16.5 Å². The fourth-order valence-corrected chi connectivity index (χ4v) is 3.71. The Balaban J connectivity index is 1.80. The number of anilines is 1. The molecule has 26 heavy (non-hydrogen) atoms. The van der Waals surface area contributed by atoms with Gasteiger partial charge >= 0.3 is 0 Å². The van der Waals surface area contributed by atoms with Gasteiger partial charge in [-0.2, -0.15) is 5.10 Å². The van der Waals surface area contributed by atoms with Crippen LogP contribution < -0.4 is 16.8 Å². The number of nitrogen functional groups attached to an aromatic ring is 1. The number of nitrogens with two attached hydrogens (primary N) is 2. The first-order chi connectivity index (χ1) is 12.4. The molecule has 0 aliphatic carbocycles. The SMILES string of the molecule is CC1(N)CCNCC1c1cnc2c(-c3cc(Cl)nc(N)c3Cl)[nH]nc2n1. The quantitative estimate of drug-likeness (QED) is 0.490. The molecule has 8 nitrogen and oxygen atoms in total. The summed E-state index contributed by atoms with van der Waals surface area (Å²) in [4.78, 5) is 13.2. The van der Waals surface area contributed by atoms with Crippen molar-refractivity contribution >= 4 is 40.2 Å². The summed E-state index contributed by atoms with van der Waals surface area (Å²) in [5.74, 6) is 0.205. The summed E-state index contributed by atoms with van der Waals surface area (Å²) in [5.41, 5.74) is 15.0. The molecule has 0 aromatic carbocycles. The molecule has 1 saturated heterocycles. The average Bonchev–Trinajstić information content (AvgIpc) is 3.00. The van der Waals surface area contributed by atoms with E-state index in [1.54, 1.807) is 12.3 Å². The molecule has 10 heteroatoms. The molecule has 2 unspecified atom stereocenters. The lowest BCUT2D eigenvalue weighted by atomic mass is 9.79. The van der Waals surface area contributed by atoms with Gasteiger partial charge in [-0.1, -0.05) is 23.2 Å². The van der Waals surface area contributed by atoms with Crippen molar-refractivity contribution in [2.24, 2.45) is 5.73 Å². The summed E-state index contributed by atoms with van der Waals surface area (Å²) < 4.78 is 0. The molecule has 1 fully saturated rings. The highest BCUT2D eigenvalue weighted by Gasteiger charge is 2.35. The molecule has 136 valence electrons. The first-order valence-electron chi connectivity index (χ1n) is 8.19. The molecule has 4 heterocycles. The molecule has 0 spiro atoms. The third kappa shape index (κ3) is 2.88. The molecular weight excluding hydrogens is 375 g/mol. The summed E-state index contributed by atoms with van der Waals surface area (Å²) in [6, 6.07) is 1.62. The number of hydrogen-bond donors (Lipinski definition) is 4. The molecule has 0 bridgehead atoms. The number of H-pyrrole nitrogens is 1. The van der Waals surface area contributed by atoms with E-state index < -0.39 is 0 Å². The number of rotatable bonds is 2. The second-order valence-electron chi connectivity index (χ2n) is 6.77. The van der Waals surface area contributed by atoms with Gasteiger partial charge in [0.25, 0.3) is 0 Å². The number of aromatic amines is 1. The van der Waals surface area contributed by atoms with Gasteiger partial charge in [-0.05, 0) is 26.0 Å². The summed E-state index contributed by atoms with van der Waals surface area (Å²) in [7, 11) is 0. The second kappa shape index (κ2) is 6.31. The molecule has 2 atom stereocenters. The Morgan fingerprint density at radius 1 is 1.31 bits per heavy atom. The molecule has 3 aromatic rings. The van der Waals surface area contributed by atoms with E-state index in [0.29, 0.717) is 22.4 Å². The highest BCUT2D eigenvalue weighted by Crippen LogP contribution is 2.36. The van der Waals surface area contributed by atoms with Crippen LogP contribution in [0.25, 0.3) is 22.4 Å². The zero-order valence-electron chi connectivity index (χ0n) is 14.1. The number of pyridine rings is 1. The summed E-state index contributed by atoms with van der Waals surface area (Å²) >= 11 is 12.3. The highest BCUT2D eigenvalue weighted by molar-refractivity contribution is 6.37. The molecule has 4 rings (SSSR count). The van der Waals surface area contributed by atoms with E-state index in [1.807, 2.05) is 6.92 Å². The third-order valence-electron chi connectivity index (χ3n) is 4.85. The molecule has 6 N–H and O–H groups in total. The van der Waals surface area contributed by atoms with Crippen molar-refractivity contribution in [2.75, 3.05) is 18.8 Å². The fraction of sp³-hybridized carbons (Fsp3) is 0.375. The normalized spacial score (nSPS) is 23.5. The van der Waals surface area contributed by atoms with Crippen LogP contribution in [0.2, 0.25) is 10.2 Å². The molecule has 0 saturated carbocycles. The minimum atomic E-state index is -0.344. The number of aromatic nitrogens is 5. The summed E-state index contributed by atoms with van der Waals surface area (Å²) in [6.45, 7) is 3.70. The topological polar surface area (TPSA) is 131 Å². The van der Waals surface area contributed by atoms with E-state index in [9.17, 15) is 0 Å². The van der Waals surface area contributed by atoms with Crippen molar-refractivity contribution in [3.8, 4) is 11.3 Å². The minimum absolute atomic E-state index is 0.0582. The Labute approximate surface area is 159 Å². The van der Waals surface area contributed by atoms with Gasteiger partial charge in [-0.15, -0.1) is 0 Å². The van der Waals surface area contributed by atoms with Crippen molar-refractivity contribution in [3.63, 3.8) is 0 Å². The summed E-state index contributed by atoms with van der Waals surface area (Å²) in [6.07, 6.45) is 2.61. The van der Waals surface area contributed by atoms with Crippen LogP contribution in [0, 0.1) is 0 Å².